The lowest BCUT2D eigenvalue weighted by atomic mass is 9.90. The normalized spacial score (nSPS) is 18.4. The molecule has 0 unspecified atom stereocenters. The van der Waals surface area contributed by atoms with Crippen molar-refractivity contribution in [2.24, 2.45) is 0 Å². The zero-order valence-corrected chi connectivity index (χ0v) is 12.5. The Morgan fingerprint density at radius 2 is 2.18 bits per heavy atom. The third-order valence-electron chi connectivity index (χ3n) is 4.26. The zero-order valence-electron chi connectivity index (χ0n) is 12.5. The molecule has 1 aliphatic rings. The number of nitrogens with one attached hydrogen (secondary N) is 1. The number of likely N-dealkylation sites (tertiary alicyclic amines) is 1. The van der Waals surface area contributed by atoms with Crippen molar-refractivity contribution >= 4 is 5.91 Å². The molecule has 0 spiro atoms. The molecule has 0 bridgehead atoms. The lowest BCUT2D eigenvalue weighted by Gasteiger charge is -2.32. The number of aliphatic hydroxyl groups is 1. The molecular weight excluding hydrogens is 278 g/mol. The average molecular weight is 299 g/mol. The number of aliphatic hydroxyl groups excluding tert-OH is 1. The van der Waals surface area contributed by atoms with Gasteiger partial charge in [-0.1, -0.05) is 30.3 Å². The molecule has 116 valence electrons. The van der Waals surface area contributed by atoms with Crippen LogP contribution in [-0.2, 0) is 4.79 Å². The Balaban J connectivity index is 1.80. The van der Waals surface area contributed by atoms with Gasteiger partial charge in [-0.05, 0) is 18.4 Å². The number of aromatic nitrogens is 2. The van der Waals surface area contributed by atoms with Crippen molar-refractivity contribution in [3.8, 4) is 11.1 Å². The van der Waals surface area contributed by atoms with Crippen LogP contribution in [0.1, 0.15) is 30.9 Å². The Bertz CT molecular complexity index is 624. The average Bonchev–Trinajstić information content (AvgIpc) is 3.06. The summed E-state index contributed by atoms with van der Waals surface area (Å²) in [6.07, 6.45) is 4.10. The fourth-order valence-corrected chi connectivity index (χ4v) is 3.15. The Morgan fingerprint density at radius 3 is 2.95 bits per heavy atom. The lowest BCUT2D eigenvalue weighted by molar-refractivity contribution is -0.133. The van der Waals surface area contributed by atoms with Crippen LogP contribution >= 0.6 is 0 Å². The van der Waals surface area contributed by atoms with E-state index in [4.69, 9.17) is 5.11 Å². The summed E-state index contributed by atoms with van der Waals surface area (Å²) in [5, 5.41) is 16.3. The summed E-state index contributed by atoms with van der Waals surface area (Å²) in [5.41, 5.74) is 3.36. The number of amides is 1. The monoisotopic (exact) mass is 299 g/mol. The van der Waals surface area contributed by atoms with Crippen molar-refractivity contribution in [1.29, 1.82) is 0 Å². The van der Waals surface area contributed by atoms with Gasteiger partial charge in [0.1, 0.15) is 0 Å². The van der Waals surface area contributed by atoms with E-state index in [1.165, 1.54) is 0 Å². The Hall–Kier alpha value is -2.14. The number of aromatic amines is 1. The van der Waals surface area contributed by atoms with Gasteiger partial charge < -0.3 is 10.0 Å². The molecule has 1 aromatic carbocycles. The van der Waals surface area contributed by atoms with E-state index < -0.39 is 0 Å². The van der Waals surface area contributed by atoms with E-state index in [-0.39, 0.29) is 24.9 Å². The van der Waals surface area contributed by atoms with Crippen molar-refractivity contribution in [3.63, 3.8) is 0 Å². The summed E-state index contributed by atoms with van der Waals surface area (Å²) in [6, 6.07) is 10.2. The molecule has 0 aliphatic carbocycles. The van der Waals surface area contributed by atoms with Crippen LogP contribution in [0.3, 0.4) is 0 Å². The molecule has 1 fully saturated rings. The standard InChI is InChI=1S/C17H21N3O2/c21-10-8-16(22)20-9-4-7-14(12-20)17-15(11-18-19-17)13-5-2-1-3-6-13/h1-3,5-6,11,14,21H,4,7-10,12H2,(H,18,19)/t14-/m1/s1. The van der Waals surface area contributed by atoms with Crippen molar-refractivity contribution < 1.29 is 9.90 Å². The molecule has 1 amide bonds. The quantitative estimate of drug-likeness (QED) is 0.909. The second-order valence-corrected chi connectivity index (χ2v) is 5.72. The van der Waals surface area contributed by atoms with Crippen molar-refractivity contribution in [2.75, 3.05) is 19.7 Å². The number of carbonyl (C=O) groups excluding carboxylic acids is 1. The Morgan fingerprint density at radius 1 is 1.36 bits per heavy atom. The summed E-state index contributed by atoms with van der Waals surface area (Å²) in [4.78, 5) is 13.9. The maximum absolute atomic E-state index is 12.0. The molecule has 0 radical (unpaired) electrons. The van der Waals surface area contributed by atoms with Crippen LogP contribution in [0.4, 0.5) is 0 Å². The minimum atomic E-state index is -0.0840. The summed E-state index contributed by atoms with van der Waals surface area (Å²) < 4.78 is 0. The Kier molecular flexibility index (Phi) is 4.53. The Labute approximate surface area is 130 Å². The number of rotatable bonds is 4. The molecule has 2 aromatic rings. The number of hydrogen-bond donors (Lipinski definition) is 2. The summed E-state index contributed by atoms with van der Waals surface area (Å²) in [6.45, 7) is 1.39. The summed E-state index contributed by atoms with van der Waals surface area (Å²) >= 11 is 0. The minimum Gasteiger partial charge on any atom is -0.396 e. The van der Waals surface area contributed by atoms with Crippen LogP contribution in [0.25, 0.3) is 11.1 Å². The third kappa shape index (κ3) is 3.04. The molecule has 1 aliphatic heterocycles. The van der Waals surface area contributed by atoms with Crippen LogP contribution in [0, 0.1) is 0 Å². The molecule has 5 heteroatoms. The van der Waals surface area contributed by atoms with Gasteiger partial charge in [0.2, 0.25) is 5.91 Å². The first-order valence-corrected chi connectivity index (χ1v) is 7.77. The van der Waals surface area contributed by atoms with E-state index in [1.54, 1.807) is 0 Å². The fourth-order valence-electron chi connectivity index (χ4n) is 3.15. The number of carbonyl (C=O) groups is 1. The second kappa shape index (κ2) is 6.75. The molecule has 22 heavy (non-hydrogen) atoms. The van der Waals surface area contributed by atoms with Crippen LogP contribution < -0.4 is 0 Å². The van der Waals surface area contributed by atoms with Crippen LogP contribution in [0.5, 0.6) is 0 Å². The van der Waals surface area contributed by atoms with Crippen molar-refractivity contribution in [1.82, 2.24) is 15.1 Å². The minimum absolute atomic E-state index is 0.0352. The number of hydrogen-bond acceptors (Lipinski definition) is 3. The maximum Gasteiger partial charge on any atom is 0.224 e. The van der Waals surface area contributed by atoms with Gasteiger partial charge in [0.15, 0.2) is 0 Å². The van der Waals surface area contributed by atoms with E-state index in [0.29, 0.717) is 6.54 Å². The molecule has 1 atom stereocenters. The molecule has 0 saturated carbocycles. The van der Waals surface area contributed by atoms with Gasteiger partial charge in [-0.3, -0.25) is 9.89 Å². The first kappa shape index (κ1) is 14.8. The van der Waals surface area contributed by atoms with Gasteiger partial charge in [0.25, 0.3) is 0 Å². The highest BCUT2D eigenvalue weighted by atomic mass is 16.3. The molecular formula is C17H21N3O2. The smallest absolute Gasteiger partial charge is 0.224 e. The predicted molar refractivity (Wildman–Crippen MR) is 84.3 cm³/mol. The SMILES string of the molecule is O=C(CCO)N1CCC[C@@H](c2[nH]ncc2-c2ccccc2)C1. The number of benzene rings is 1. The van der Waals surface area contributed by atoms with E-state index in [1.807, 2.05) is 29.3 Å². The van der Waals surface area contributed by atoms with Gasteiger partial charge >= 0.3 is 0 Å². The molecule has 1 aromatic heterocycles. The van der Waals surface area contributed by atoms with Gasteiger partial charge in [0.05, 0.1) is 12.8 Å². The van der Waals surface area contributed by atoms with Crippen LogP contribution in [0.2, 0.25) is 0 Å². The largest absolute Gasteiger partial charge is 0.396 e. The molecule has 1 saturated heterocycles. The molecule has 3 rings (SSSR count). The molecule has 5 nitrogen and oxygen atoms in total. The lowest BCUT2D eigenvalue weighted by Crippen LogP contribution is -2.39. The highest BCUT2D eigenvalue weighted by Gasteiger charge is 2.27. The topological polar surface area (TPSA) is 69.2 Å². The zero-order chi connectivity index (χ0) is 15.4. The first-order valence-electron chi connectivity index (χ1n) is 7.77. The highest BCUT2D eigenvalue weighted by molar-refractivity contribution is 5.76. The second-order valence-electron chi connectivity index (χ2n) is 5.72. The predicted octanol–water partition coefficient (Wildman–Crippen LogP) is 2.17. The summed E-state index contributed by atoms with van der Waals surface area (Å²) in [7, 11) is 0. The molecule has 2 heterocycles. The summed E-state index contributed by atoms with van der Waals surface area (Å²) in [5.74, 6) is 0.307. The van der Waals surface area contributed by atoms with Gasteiger partial charge in [-0.2, -0.15) is 5.10 Å². The molecule has 2 N–H and O–H groups in total. The van der Waals surface area contributed by atoms with Crippen LogP contribution in [0.15, 0.2) is 36.5 Å². The van der Waals surface area contributed by atoms with Gasteiger partial charge in [-0.25, -0.2) is 0 Å². The van der Waals surface area contributed by atoms with E-state index in [2.05, 4.69) is 22.3 Å². The highest BCUT2D eigenvalue weighted by Crippen LogP contribution is 2.32. The van der Waals surface area contributed by atoms with Crippen molar-refractivity contribution in [3.05, 3.63) is 42.2 Å². The number of piperidine rings is 1. The fraction of sp³-hybridized carbons (Fsp3) is 0.412. The van der Waals surface area contributed by atoms with E-state index in [0.717, 1.165) is 36.2 Å². The first-order chi connectivity index (χ1) is 10.8. The van der Waals surface area contributed by atoms with Crippen LogP contribution in [-0.4, -0.2) is 45.8 Å². The van der Waals surface area contributed by atoms with E-state index >= 15 is 0 Å². The number of H-pyrrole nitrogens is 1. The number of nitrogens with zero attached hydrogens (tertiary/aromatic N) is 2. The van der Waals surface area contributed by atoms with Gasteiger partial charge in [0, 0.05) is 36.7 Å². The maximum atomic E-state index is 12.0. The van der Waals surface area contributed by atoms with Gasteiger partial charge in [-0.15, -0.1) is 0 Å². The third-order valence-corrected chi connectivity index (χ3v) is 4.26. The van der Waals surface area contributed by atoms with Crippen molar-refractivity contribution in [2.45, 2.75) is 25.2 Å². The van der Waals surface area contributed by atoms with E-state index in [9.17, 15) is 4.79 Å².